The second kappa shape index (κ2) is 8.82. The molecule has 0 atom stereocenters. The van der Waals surface area contributed by atoms with E-state index in [9.17, 15) is 9.59 Å². The predicted molar refractivity (Wildman–Crippen MR) is 105 cm³/mol. The summed E-state index contributed by atoms with van der Waals surface area (Å²) < 4.78 is 11.3. The molecule has 2 amide bonds. The first-order valence-corrected chi connectivity index (χ1v) is 10.4. The van der Waals surface area contributed by atoms with Gasteiger partial charge in [-0.25, -0.2) is 0 Å². The molecular formula is C21H29N3O4. The number of piperazine rings is 1. The van der Waals surface area contributed by atoms with Gasteiger partial charge in [-0.1, -0.05) is 18.9 Å². The molecule has 0 N–H and O–H groups in total. The van der Waals surface area contributed by atoms with Crippen LogP contribution in [0.15, 0.2) is 18.2 Å². The third kappa shape index (κ3) is 4.24. The number of hydrogen-bond acceptors (Lipinski definition) is 5. The molecule has 3 heterocycles. The number of para-hydroxylation sites is 1. The van der Waals surface area contributed by atoms with Crippen LogP contribution in [-0.4, -0.2) is 85.5 Å². The third-order valence-electron chi connectivity index (χ3n) is 5.77. The SMILES string of the molecule is O=C(CN1CCN(C(=O)c2cccc3c2OCCO3)CC1)N1CCCCCC1. The van der Waals surface area contributed by atoms with Crippen molar-refractivity contribution in [2.75, 3.05) is 59.0 Å². The monoisotopic (exact) mass is 387 g/mol. The fraction of sp³-hybridized carbons (Fsp3) is 0.619. The average molecular weight is 387 g/mol. The number of nitrogens with zero attached hydrogens (tertiary/aromatic N) is 3. The summed E-state index contributed by atoms with van der Waals surface area (Å²) in [6.45, 7) is 5.89. The molecule has 0 aromatic heterocycles. The molecule has 0 unspecified atom stereocenters. The Bertz CT molecular complexity index is 708. The number of amides is 2. The number of fused-ring (bicyclic) bond motifs is 1. The van der Waals surface area contributed by atoms with Gasteiger partial charge < -0.3 is 19.3 Å². The van der Waals surface area contributed by atoms with E-state index in [0.717, 1.165) is 39.0 Å². The molecule has 1 aromatic carbocycles. The highest BCUT2D eigenvalue weighted by Crippen LogP contribution is 2.34. The van der Waals surface area contributed by atoms with Crippen molar-refractivity contribution in [1.29, 1.82) is 0 Å². The lowest BCUT2D eigenvalue weighted by molar-refractivity contribution is -0.132. The van der Waals surface area contributed by atoms with Gasteiger partial charge in [-0.05, 0) is 25.0 Å². The molecule has 1 aromatic rings. The molecule has 0 saturated carbocycles. The summed E-state index contributed by atoms with van der Waals surface area (Å²) >= 11 is 0. The predicted octanol–water partition coefficient (Wildman–Crippen LogP) is 1.62. The molecular weight excluding hydrogens is 358 g/mol. The van der Waals surface area contributed by atoms with Crippen molar-refractivity contribution < 1.29 is 19.1 Å². The summed E-state index contributed by atoms with van der Waals surface area (Å²) in [6, 6.07) is 5.46. The molecule has 0 spiro atoms. The van der Waals surface area contributed by atoms with Gasteiger partial charge in [0, 0.05) is 39.3 Å². The highest BCUT2D eigenvalue weighted by Gasteiger charge is 2.28. The highest BCUT2D eigenvalue weighted by atomic mass is 16.6. The van der Waals surface area contributed by atoms with Gasteiger partial charge in [-0.3, -0.25) is 14.5 Å². The van der Waals surface area contributed by atoms with Crippen molar-refractivity contribution >= 4 is 11.8 Å². The maximum absolute atomic E-state index is 13.0. The lowest BCUT2D eigenvalue weighted by atomic mass is 10.1. The van der Waals surface area contributed by atoms with Gasteiger partial charge in [-0.15, -0.1) is 0 Å². The fourth-order valence-corrected chi connectivity index (χ4v) is 4.13. The Balaban J connectivity index is 1.32. The molecule has 0 bridgehead atoms. The molecule has 3 aliphatic heterocycles. The zero-order chi connectivity index (χ0) is 19.3. The van der Waals surface area contributed by atoms with E-state index in [1.807, 2.05) is 21.9 Å². The third-order valence-corrected chi connectivity index (χ3v) is 5.77. The minimum atomic E-state index is -0.0270. The van der Waals surface area contributed by atoms with E-state index >= 15 is 0 Å². The molecule has 7 nitrogen and oxygen atoms in total. The summed E-state index contributed by atoms with van der Waals surface area (Å²) in [5.41, 5.74) is 0.561. The van der Waals surface area contributed by atoms with Gasteiger partial charge in [0.15, 0.2) is 11.5 Å². The highest BCUT2D eigenvalue weighted by molar-refractivity contribution is 5.98. The van der Waals surface area contributed by atoms with E-state index in [-0.39, 0.29) is 11.8 Å². The summed E-state index contributed by atoms with van der Waals surface area (Å²) in [6.07, 6.45) is 4.67. The topological polar surface area (TPSA) is 62.3 Å². The largest absolute Gasteiger partial charge is 0.486 e. The van der Waals surface area contributed by atoms with Crippen molar-refractivity contribution in [1.82, 2.24) is 14.7 Å². The number of benzene rings is 1. The number of rotatable bonds is 3. The fourth-order valence-electron chi connectivity index (χ4n) is 4.13. The van der Waals surface area contributed by atoms with E-state index in [0.29, 0.717) is 49.9 Å². The summed E-state index contributed by atoms with van der Waals surface area (Å²) in [5, 5.41) is 0. The van der Waals surface area contributed by atoms with Crippen LogP contribution in [0.25, 0.3) is 0 Å². The molecule has 3 aliphatic rings. The van der Waals surface area contributed by atoms with E-state index < -0.39 is 0 Å². The van der Waals surface area contributed by atoms with Gasteiger partial charge in [0.2, 0.25) is 5.91 Å². The first-order chi connectivity index (χ1) is 13.7. The van der Waals surface area contributed by atoms with Crippen molar-refractivity contribution in [2.24, 2.45) is 0 Å². The maximum atomic E-state index is 13.0. The van der Waals surface area contributed by atoms with Crippen molar-refractivity contribution in [3.63, 3.8) is 0 Å². The van der Waals surface area contributed by atoms with Crippen LogP contribution in [0.3, 0.4) is 0 Å². The van der Waals surface area contributed by atoms with Crippen molar-refractivity contribution in [3.8, 4) is 11.5 Å². The molecule has 0 radical (unpaired) electrons. The lowest BCUT2D eigenvalue weighted by Crippen LogP contribution is -2.51. The van der Waals surface area contributed by atoms with Crippen LogP contribution >= 0.6 is 0 Å². The van der Waals surface area contributed by atoms with Crippen LogP contribution in [0.1, 0.15) is 36.0 Å². The summed E-state index contributed by atoms with van der Waals surface area (Å²) in [7, 11) is 0. The number of carbonyl (C=O) groups is 2. The lowest BCUT2D eigenvalue weighted by Gasteiger charge is -2.35. The Hall–Kier alpha value is -2.28. The van der Waals surface area contributed by atoms with Crippen LogP contribution in [0.5, 0.6) is 11.5 Å². The smallest absolute Gasteiger partial charge is 0.257 e. The minimum absolute atomic E-state index is 0.0270. The number of ether oxygens (including phenoxy) is 2. The van der Waals surface area contributed by atoms with Crippen molar-refractivity contribution in [3.05, 3.63) is 23.8 Å². The van der Waals surface area contributed by atoms with Crippen molar-refractivity contribution in [2.45, 2.75) is 25.7 Å². The van der Waals surface area contributed by atoms with Gasteiger partial charge in [0.1, 0.15) is 13.2 Å². The molecule has 7 heteroatoms. The van der Waals surface area contributed by atoms with Crippen LogP contribution in [-0.2, 0) is 4.79 Å². The van der Waals surface area contributed by atoms with Crippen LogP contribution in [0.4, 0.5) is 0 Å². The zero-order valence-electron chi connectivity index (χ0n) is 16.4. The number of likely N-dealkylation sites (tertiary alicyclic amines) is 1. The summed E-state index contributed by atoms with van der Waals surface area (Å²) in [4.78, 5) is 31.6. The van der Waals surface area contributed by atoms with Gasteiger partial charge in [-0.2, -0.15) is 0 Å². The minimum Gasteiger partial charge on any atom is -0.486 e. The van der Waals surface area contributed by atoms with E-state index in [4.69, 9.17) is 9.47 Å². The van der Waals surface area contributed by atoms with E-state index in [1.54, 1.807) is 6.07 Å². The average Bonchev–Trinajstić information content (AvgIpc) is 3.03. The second-order valence-corrected chi connectivity index (χ2v) is 7.69. The number of carbonyl (C=O) groups excluding carboxylic acids is 2. The Morgan fingerprint density at radius 3 is 2.29 bits per heavy atom. The molecule has 0 aliphatic carbocycles. The molecule has 28 heavy (non-hydrogen) atoms. The molecule has 4 rings (SSSR count). The van der Waals surface area contributed by atoms with E-state index in [1.165, 1.54) is 12.8 Å². The van der Waals surface area contributed by atoms with Crippen LogP contribution in [0, 0.1) is 0 Å². The Kier molecular flexibility index (Phi) is 6.00. The summed E-state index contributed by atoms with van der Waals surface area (Å²) in [5.74, 6) is 1.39. The van der Waals surface area contributed by atoms with Gasteiger partial charge >= 0.3 is 0 Å². The first-order valence-electron chi connectivity index (χ1n) is 10.4. The maximum Gasteiger partial charge on any atom is 0.257 e. The molecule has 152 valence electrons. The molecule has 2 fully saturated rings. The normalized spacial score (nSPS) is 20.6. The number of hydrogen-bond donors (Lipinski definition) is 0. The quantitative estimate of drug-likeness (QED) is 0.789. The Labute approximate surface area is 166 Å². The van der Waals surface area contributed by atoms with Crippen LogP contribution < -0.4 is 9.47 Å². The standard InChI is InChI=1S/C21H29N3O4/c25-19(23-8-3-1-2-4-9-23)16-22-10-12-24(13-11-22)21(26)17-6-5-7-18-20(17)28-15-14-27-18/h5-7H,1-4,8-16H2. The first kappa shape index (κ1) is 19.1. The second-order valence-electron chi connectivity index (χ2n) is 7.69. The van der Waals surface area contributed by atoms with Crippen LogP contribution in [0.2, 0.25) is 0 Å². The Morgan fingerprint density at radius 2 is 1.54 bits per heavy atom. The molecule has 2 saturated heterocycles. The van der Waals surface area contributed by atoms with Gasteiger partial charge in [0.25, 0.3) is 5.91 Å². The zero-order valence-corrected chi connectivity index (χ0v) is 16.4. The van der Waals surface area contributed by atoms with E-state index in [2.05, 4.69) is 4.90 Å². The van der Waals surface area contributed by atoms with Gasteiger partial charge in [0.05, 0.1) is 12.1 Å². The Morgan fingerprint density at radius 1 is 0.821 bits per heavy atom.